The zero-order chi connectivity index (χ0) is 13.1. The maximum Gasteiger partial charge on any atom is 0.342 e. The number of rotatable bonds is 0. The smallest absolute Gasteiger partial charge is 0.342 e. The average molecular weight is 246 g/mol. The summed E-state index contributed by atoms with van der Waals surface area (Å²) < 4.78 is 10.9. The van der Waals surface area contributed by atoms with Gasteiger partial charge in [0.1, 0.15) is 23.5 Å². The van der Waals surface area contributed by atoms with Crippen LogP contribution in [0.2, 0.25) is 0 Å². The van der Waals surface area contributed by atoms with E-state index >= 15 is 0 Å². The highest BCUT2D eigenvalue weighted by Crippen LogP contribution is 2.41. The summed E-state index contributed by atoms with van der Waals surface area (Å²) in [5.41, 5.74) is 1.09. The van der Waals surface area contributed by atoms with Gasteiger partial charge in [-0.05, 0) is 26.3 Å². The molecule has 1 aromatic carbocycles. The molecule has 18 heavy (non-hydrogen) atoms. The van der Waals surface area contributed by atoms with Gasteiger partial charge in [-0.3, -0.25) is 0 Å². The molecule has 0 aliphatic carbocycles. The Balaban J connectivity index is 2.58. The lowest BCUT2D eigenvalue weighted by Crippen LogP contribution is -2.33. The third-order valence-corrected chi connectivity index (χ3v) is 3.50. The molecule has 3 rings (SSSR count). The predicted molar refractivity (Wildman–Crippen MR) is 67.0 cm³/mol. The number of aryl methyl sites for hydroxylation is 1. The van der Waals surface area contributed by atoms with Gasteiger partial charge in [-0.1, -0.05) is 12.1 Å². The Bertz CT molecular complexity index is 710. The molecule has 1 aliphatic heterocycles. The van der Waals surface area contributed by atoms with E-state index in [1.165, 1.54) is 0 Å². The molecule has 0 fully saturated rings. The van der Waals surface area contributed by atoms with Crippen LogP contribution in [0.25, 0.3) is 11.0 Å². The van der Waals surface area contributed by atoms with Gasteiger partial charge in [-0.15, -0.1) is 0 Å². The van der Waals surface area contributed by atoms with Gasteiger partial charge in [-0.2, -0.15) is 0 Å². The van der Waals surface area contributed by atoms with E-state index in [0.29, 0.717) is 22.3 Å². The van der Waals surface area contributed by atoms with Gasteiger partial charge in [-0.25, -0.2) is 4.79 Å². The van der Waals surface area contributed by atoms with Crippen molar-refractivity contribution in [3.63, 3.8) is 0 Å². The molecule has 94 valence electrons. The molecule has 0 unspecified atom stereocenters. The Kier molecular flexibility index (Phi) is 2.10. The van der Waals surface area contributed by atoms with E-state index in [0.717, 1.165) is 11.1 Å². The van der Waals surface area contributed by atoms with Crippen LogP contribution in [0, 0.1) is 13.8 Å². The first kappa shape index (κ1) is 11.3. The van der Waals surface area contributed by atoms with E-state index in [1.807, 2.05) is 19.1 Å². The van der Waals surface area contributed by atoms with E-state index < -0.39 is 5.60 Å². The van der Waals surface area contributed by atoms with E-state index in [2.05, 4.69) is 0 Å². The lowest BCUT2D eigenvalue weighted by molar-refractivity contribution is 0.00315. The quantitative estimate of drug-likeness (QED) is 0.722. The number of hydrogen-bond acceptors (Lipinski definition) is 4. The number of aliphatic hydroxyl groups is 1. The Morgan fingerprint density at radius 1 is 1.33 bits per heavy atom. The number of benzene rings is 1. The van der Waals surface area contributed by atoms with Crippen molar-refractivity contribution >= 4 is 11.0 Å². The average Bonchev–Trinajstić information content (AvgIpc) is 2.30. The van der Waals surface area contributed by atoms with Crippen LogP contribution in [0.1, 0.15) is 23.6 Å². The van der Waals surface area contributed by atoms with Crippen molar-refractivity contribution in [2.24, 2.45) is 0 Å². The Labute approximate surface area is 104 Å². The second-order valence-electron chi connectivity index (χ2n) is 5.04. The van der Waals surface area contributed by atoms with Crippen LogP contribution in [0.4, 0.5) is 0 Å². The van der Waals surface area contributed by atoms with Gasteiger partial charge in [0.05, 0.1) is 10.9 Å². The van der Waals surface area contributed by atoms with Crippen molar-refractivity contribution in [2.45, 2.75) is 26.4 Å². The zero-order valence-electron chi connectivity index (χ0n) is 10.5. The normalized spacial score (nSPS) is 22.0. The van der Waals surface area contributed by atoms with Crippen molar-refractivity contribution in [3.8, 4) is 5.75 Å². The summed E-state index contributed by atoms with van der Waals surface area (Å²) in [6.45, 7) is 5.38. The van der Waals surface area contributed by atoms with Crippen LogP contribution in [0.3, 0.4) is 0 Å². The van der Waals surface area contributed by atoms with Gasteiger partial charge in [0, 0.05) is 5.56 Å². The number of hydrogen-bond donors (Lipinski definition) is 1. The van der Waals surface area contributed by atoms with E-state index in [1.54, 1.807) is 13.8 Å². The van der Waals surface area contributed by atoms with Gasteiger partial charge in [0.25, 0.3) is 0 Å². The molecule has 1 aliphatic rings. The lowest BCUT2D eigenvalue weighted by atomic mass is 9.89. The van der Waals surface area contributed by atoms with Crippen LogP contribution in [-0.2, 0) is 5.60 Å². The van der Waals surface area contributed by atoms with Crippen LogP contribution >= 0.6 is 0 Å². The molecule has 0 radical (unpaired) electrons. The minimum absolute atomic E-state index is 0.141. The summed E-state index contributed by atoms with van der Waals surface area (Å²) >= 11 is 0. The van der Waals surface area contributed by atoms with E-state index in [9.17, 15) is 9.90 Å². The largest absolute Gasteiger partial charge is 0.489 e. The van der Waals surface area contributed by atoms with E-state index in [4.69, 9.17) is 9.15 Å². The van der Waals surface area contributed by atoms with Crippen molar-refractivity contribution in [2.75, 3.05) is 6.61 Å². The molecule has 0 bridgehead atoms. The predicted octanol–water partition coefficient (Wildman–Crippen LogP) is 2.01. The third-order valence-electron chi connectivity index (χ3n) is 3.50. The molecule has 0 amide bonds. The SMILES string of the molecule is Cc1c2c3c(ccc(C)c3oc1=O)[C@@](C)(O)CO2. The standard InChI is InChI=1S/C14H14O4/c1-7-4-5-9-10-11(7)18-13(15)8(2)12(10)17-6-14(9,3)16/h4-5,16H,6H2,1-3H3/t14-/m0/s1. The highest BCUT2D eigenvalue weighted by molar-refractivity contribution is 5.91. The first-order valence-corrected chi connectivity index (χ1v) is 5.84. The van der Waals surface area contributed by atoms with Crippen molar-refractivity contribution in [1.29, 1.82) is 0 Å². The summed E-state index contributed by atoms with van der Waals surface area (Å²) in [5.74, 6) is 0.534. The Morgan fingerprint density at radius 3 is 2.78 bits per heavy atom. The monoisotopic (exact) mass is 246 g/mol. The molecule has 1 aromatic heterocycles. The molecule has 0 saturated heterocycles. The van der Waals surface area contributed by atoms with Crippen LogP contribution in [-0.4, -0.2) is 11.7 Å². The molecule has 2 heterocycles. The van der Waals surface area contributed by atoms with Crippen molar-refractivity contribution in [3.05, 3.63) is 39.2 Å². The summed E-state index contributed by atoms with van der Waals surface area (Å²) in [7, 11) is 0. The van der Waals surface area contributed by atoms with Crippen LogP contribution in [0.15, 0.2) is 21.3 Å². The Morgan fingerprint density at radius 2 is 2.06 bits per heavy atom. The second-order valence-corrected chi connectivity index (χ2v) is 5.04. The maximum absolute atomic E-state index is 11.8. The fraction of sp³-hybridized carbons (Fsp3) is 0.357. The van der Waals surface area contributed by atoms with Gasteiger partial charge < -0.3 is 14.3 Å². The minimum Gasteiger partial charge on any atom is -0.489 e. The molecule has 1 N–H and O–H groups in total. The second kappa shape index (κ2) is 3.36. The zero-order valence-corrected chi connectivity index (χ0v) is 10.5. The first-order chi connectivity index (χ1) is 8.42. The molecule has 1 atom stereocenters. The van der Waals surface area contributed by atoms with Gasteiger partial charge >= 0.3 is 5.63 Å². The van der Waals surface area contributed by atoms with Crippen LogP contribution in [0.5, 0.6) is 5.75 Å². The van der Waals surface area contributed by atoms with Crippen molar-refractivity contribution in [1.82, 2.24) is 0 Å². The Hall–Kier alpha value is -1.81. The topological polar surface area (TPSA) is 59.7 Å². The van der Waals surface area contributed by atoms with Crippen LogP contribution < -0.4 is 10.4 Å². The molecular formula is C14H14O4. The highest BCUT2D eigenvalue weighted by Gasteiger charge is 2.34. The van der Waals surface area contributed by atoms with Gasteiger partial charge in [0.2, 0.25) is 0 Å². The first-order valence-electron chi connectivity index (χ1n) is 5.84. The summed E-state index contributed by atoms with van der Waals surface area (Å²) in [6, 6.07) is 3.71. The molecule has 0 spiro atoms. The van der Waals surface area contributed by atoms with Gasteiger partial charge in [0.15, 0.2) is 0 Å². The highest BCUT2D eigenvalue weighted by atomic mass is 16.5. The molecular weight excluding hydrogens is 232 g/mol. The van der Waals surface area contributed by atoms with Crippen molar-refractivity contribution < 1.29 is 14.3 Å². The van der Waals surface area contributed by atoms with E-state index in [-0.39, 0.29) is 12.2 Å². The summed E-state index contributed by atoms with van der Waals surface area (Å²) in [4.78, 5) is 11.8. The molecule has 4 nitrogen and oxygen atoms in total. The fourth-order valence-corrected chi connectivity index (χ4v) is 2.41. The minimum atomic E-state index is -1.06. The lowest BCUT2D eigenvalue weighted by Gasteiger charge is -2.31. The number of ether oxygens (including phenoxy) is 1. The molecule has 2 aromatic rings. The summed E-state index contributed by atoms with van der Waals surface area (Å²) in [5, 5.41) is 11.1. The molecule has 0 saturated carbocycles. The fourth-order valence-electron chi connectivity index (χ4n) is 2.41. The third kappa shape index (κ3) is 1.32. The maximum atomic E-state index is 11.8. The summed E-state index contributed by atoms with van der Waals surface area (Å²) in [6.07, 6.45) is 0. The molecule has 4 heteroatoms.